The topological polar surface area (TPSA) is 55.0 Å². The molecule has 1 aliphatic rings. The third-order valence-corrected chi connectivity index (χ3v) is 5.57. The third-order valence-electron chi connectivity index (χ3n) is 5.57. The van der Waals surface area contributed by atoms with Crippen LogP contribution < -0.4 is 10.6 Å². The number of hydrogen-bond acceptors (Lipinski definition) is 4. The SMILES string of the molecule is Cc1cc2nc(N)c(N3CCC(Cc4ccccc4)CC3)nc2cc1C. The Balaban J connectivity index is 1.50. The van der Waals surface area contributed by atoms with Crippen LogP contribution in [0.25, 0.3) is 11.0 Å². The smallest absolute Gasteiger partial charge is 0.172 e. The molecule has 2 aromatic carbocycles. The first-order valence-electron chi connectivity index (χ1n) is 9.43. The maximum absolute atomic E-state index is 6.25. The predicted octanol–water partition coefficient (Wildman–Crippen LogP) is 4.29. The van der Waals surface area contributed by atoms with Gasteiger partial charge in [0, 0.05) is 13.1 Å². The van der Waals surface area contributed by atoms with Crippen molar-refractivity contribution in [2.24, 2.45) is 5.92 Å². The number of fused-ring (bicyclic) bond motifs is 1. The summed E-state index contributed by atoms with van der Waals surface area (Å²) in [5, 5.41) is 0. The lowest BCUT2D eigenvalue weighted by Crippen LogP contribution is -2.35. The van der Waals surface area contributed by atoms with Crippen LogP contribution in [0.4, 0.5) is 11.6 Å². The molecule has 0 atom stereocenters. The molecular formula is C22H26N4. The molecule has 2 N–H and O–H groups in total. The van der Waals surface area contributed by atoms with Gasteiger partial charge < -0.3 is 10.6 Å². The standard InChI is InChI=1S/C22H26N4/c1-15-12-19-20(13-16(15)2)25-22(21(23)24-19)26-10-8-18(9-11-26)14-17-6-4-3-5-7-17/h3-7,12-13,18H,8-11,14H2,1-2H3,(H2,23,24). The maximum Gasteiger partial charge on any atom is 0.172 e. The Kier molecular flexibility index (Phi) is 4.49. The molecule has 1 aliphatic heterocycles. The van der Waals surface area contributed by atoms with E-state index in [1.807, 2.05) is 0 Å². The van der Waals surface area contributed by atoms with Crippen LogP contribution in [0.15, 0.2) is 42.5 Å². The number of aryl methyl sites for hydroxylation is 2. The summed E-state index contributed by atoms with van der Waals surface area (Å²) in [6.07, 6.45) is 3.49. The summed E-state index contributed by atoms with van der Waals surface area (Å²) in [5.74, 6) is 2.12. The van der Waals surface area contributed by atoms with Gasteiger partial charge in [-0.1, -0.05) is 30.3 Å². The molecule has 1 saturated heterocycles. The Morgan fingerprint density at radius 1 is 0.962 bits per heavy atom. The van der Waals surface area contributed by atoms with Crippen LogP contribution in [0, 0.1) is 19.8 Å². The number of rotatable bonds is 3. The Hall–Kier alpha value is -2.62. The van der Waals surface area contributed by atoms with Gasteiger partial charge in [0.2, 0.25) is 0 Å². The maximum atomic E-state index is 6.25. The van der Waals surface area contributed by atoms with Crippen molar-refractivity contribution in [1.82, 2.24) is 9.97 Å². The molecule has 0 unspecified atom stereocenters. The molecule has 4 heteroatoms. The molecule has 0 aliphatic carbocycles. The number of anilines is 2. The molecule has 0 saturated carbocycles. The quantitative estimate of drug-likeness (QED) is 0.769. The lowest BCUT2D eigenvalue weighted by molar-refractivity contribution is 0.402. The van der Waals surface area contributed by atoms with Gasteiger partial charge in [-0.05, 0) is 67.9 Å². The van der Waals surface area contributed by atoms with Crippen molar-refractivity contribution in [3.8, 4) is 0 Å². The number of aromatic nitrogens is 2. The van der Waals surface area contributed by atoms with E-state index in [0.29, 0.717) is 5.82 Å². The molecule has 1 fully saturated rings. The van der Waals surface area contributed by atoms with Crippen LogP contribution >= 0.6 is 0 Å². The van der Waals surface area contributed by atoms with Crippen molar-refractivity contribution in [2.75, 3.05) is 23.7 Å². The minimum Gasteiger partial charge on any atom is -0.381 e. The van der Waals surface area contributed by atoms with E-state index in [2.05, 4.69) is 66.2 Å². The highest BCUT2D eigenvalue weighted by molar-refractivity contribution is 5.81. The fourth-order valence-corrected chi connectivity index (χ4v) is 3.84. The second kappa shape index (κ2) is 6.94. The number of nitrogen functional groups attached to an aromatic ring is 1. The first-order valence-corrected chi connectivity index (χ1v) is 9.43. The summed E-state index contributed by atoms with van der Waals surface area (Å²) in [6.45, 7) is 6.19. The molecule has 4 nitrogen and oxygen atoms in total. The molecule has 3 aromatic rings. The molecule has 0 amide bonds. The van der Waals surface area contributed by atoms with Crippen molar-refractivity contribution in [2.45, 2.75) is 33.1 Å². The average Bonchev–Trinajstić information content (AvgIpc) is 2.64. The lowest BCUT2D eigenvalue weighted by Gasteiger charge is -2.33. The summed E-state index contributed by atoms with van der Waals surface area (Å²) in [4.78, 5) is 11.8. The summed E-state index contributed by atoms with van der Waals surface area (Å²) < 4.78 is 0. The summed E-state index contributed by atoms with van der Waals surface area (Å²) >= 11 is 0. The molecule has 0 bridgehead atoms. The van der Waals surface area contributed by atoms with E-state index >= 15 is 0 Å². The second-order valence-electron chi connectivity index (χ2n) is 7.48. The van der Waals surface area contributed by atoms with Crippen LogP contribution in [0.3, 0.4) is 0 Å². The largest absolute Gasteiger partial charge is 0.381 e. The van der Waals surface area contributed by atoms with E-state index in [1.54, 1.807) is 0 Å². The zero-order valence-corrected chi connectivity index (χ0v) is 15.6. The summed E-state index contributed by atoms with van der Waals surface area (Å²) in [7, 11) is 0. The van der Waals surface area contributed by atoms with Crippen LogP contribution in [-0.4, -0.2) is 23.1 Å². The van der Waals surface area contributed by atoms with Crippen molar-refractivity contribution < 1.29 is 0 Å². The van der Waals surface area contributed by atoms with Crippen LogP contribution in [0.5, 0.6) is 0 Å². The highest BCUT2D eigenvalue weighted by Gasteiger charge is 2.22. The van der Waals surface area contributed by atoms with Gasteiger partial charge in [0.25, 0.3) is 0 Å². The first kappa shape index (κ1) is 16.8. The first-order chi connectivity index (χ1) is 12.6. The normalized spacial score (nSPS) is 15.5. The number of nitrogens with two attached hydrogens (primary N) is 1. The van der Waals surface area contributed by atoms with Crippen LogP contribution in [0.1, 0.15) is 29.5 Å². The Morgan fingerprint density at radius 3 is 2.23 bits per heavy atom. The van der Waals surface area contributed by atoms with Gasteiger partial charge in [0.05, 0.1) is 11.0 Å². The van der Waals surface area contributed by atoms with Gasteiger partial charge >= 0.3 is 0 Å². The van der Waals surface area contributed by atoms with Gasteiger partial charge in [-0.15, -0.1) is 0 Å². The molecule has 1 aromatic heterocycles. The van der Waals surface area contributed by atoms with Gasteiger partial charge in [-0.2, -0.15) is 0 Å². The summed E-state index contributed by atoms with van der Waals surface area (Å²) in [5.41, 5.74) is 12.0. The molecule has 134 valence electrons. The lowest BCUT2D eigenvalue weighted by atomic mass is 9.90. The highest BCUT2D eigenvalue weighted by atomic mass is 15.2. The van der Waals surface area contributed by atoms with Crippen LogP contribution in [-0.2, 0) is 6.42 Å². The molecule has 4 rings (SSSR count). The van der Waals surface area contributed by atoms with Gasteiger partial charge in [0.15, 0.2) is 11.6 Å². The Morgan fingerprint density at radius 2 is 1.58 bits per heavy atom. The van der Waals surface area contributed by atoms with E-state index in [4.69, 9.17) is 10.7 Å². The van der Waals surface area contributed by atoms with Crippen LogP contribution in [0.2, 0.25) is 0 Å². The zero-order chi connectivity index (χ0) is 18.1. The minimum absolute atomic E-state index is 0.544. The van der Waals surface area contributed by atoms with E-state index < -0.39 is 0 Å². The minimum atomic E-state index is 0.544. The fourth-order valence-electron chi connectivity index (χ4n) is 3.84. The van der Waals surface area contributed by atoms with Crippen molar-refractivity contribution >= 4 is 22.7 Å². The molecule has 0 radical (unpaired) electrons. The summed E-state index contributed by atoms with van der Waals surface area (Å²) in [6, 6.07) is 15.0. The molecule has 0 spiro atoms. The number of benzene rings is 2. The van der Waals surface area contributed by atoms with E-state index in [-0.39, 0.29) is 0 Å². The third kappa shape index (κ3) is 3.36. The number of hydrogen-bond donors (Lipinski definition) is 1. The Bertz CT molecular complexity index is 912. The Labute approximate surface area is 155 Å². The molecule has 26 heavy (non-hydrogen) atoms. The molecular weight excluding hydrogens is 320 g/mol. The van der Waals surface area contributed by atoms with Gasteiger partial charge in [-0.3, -0.25) is 0 Å². The van der Waals surface area contributed by atoms with Crippen molar-refractivity contribution in [1.29, 1.82) is 0 Å². The monoisotopic (exact) mass is 346 g/mol. The fraction of sp³-hybridized carbons (Fsp3) is 0.364. The average molecular weight is 346 g/mol. The zero-order valence-electron chi connectivity index (χ0n) is 15.6. The van der Waals surface area contributed by atoms with E-state index in [0.717, 1.165) is 42.3 Å². The van der Waals surface area contributed by atoms with E-state index in [1.165, 1.54) is 29.5 Å². The van der Waals surface area contributed by atoms with Gasteiger partial charge in [0.1, 0.15) is 0 Å². The highest BCUT2D eigenvalue weighted by Crippen LogP contribution is 2.29. The van der Waals surface area contributed by atoms with Gasteiger partial charge in [-0.25, -0.2) is 9.97 Å². The van der Waals surface area contributed by atoms with E-state index in [9.17, 15) is 0 Å². The van der Waals surface area contributed by atoms with Crippen molar-refractivity contribution in [3.63, 3.8) is 0 Å². The van der Waals surface area contributed by atoms with Crippen molar-refractivity contribution in [3.05, 3.63) is 59.2 Å². The second-order valence-corrected chi connectivity index (χ2v) is 7.48. The number of nitrogens with zero attached hydrogens (tertiary/aromatic N) is 3. The predicted molar refractivity (Wildman–Crippen MR) is 109 cm³/mol. The molecule has 2 heterocycles. The number of piperidine rings is 1.